The van der Waals surface area contributed by atoms with Crippen LogP contribution in [-0.4, -0.2) is 42.3 Å². The third kappa shape index (κ3) is 5.02. The predicted molar refractivity (Wildman–Crippen MR) is 124 cm³/mol. The van der Waals surface area contributed by atoms with Gasteiger partial charge in [0.1, 0.15) is 12.6 Å². The summed E-state index contributed by atoms with van der Waals surface area (Å²) in [5.41, 5.74) is 4.55. The highest BCUT2D eigenvalue weighted by Crippen LogP contribution is 2.44. The molecule has 0 radical (unpaired) electrons. The van der Waals surface area contributed by atoms with Crippen LogP contribution in [0.5, 0.6) is 0 Å². The maximum Gasteiger partial charge on any atom is 0.407 e. The Bertz CT molecular complexity index is 991. The number of nitrogens with one attached hydrogen (secondary N) is 2. The van der Waals surface area contributed by atoms with E-state index in [2.05, 4.69) is 22.8 Å². The summed E-state index contributed by atoms with van der Waals surface area (Å²) < 4.78 is 5.50. The van der Waals surface area contributed by atoms with E-state index in [1.807, 2.05) is 36.4 Å². The molecule has 0 bridgehead atoms. The molecule has 1 unspecified atom stereocenters. The van der Waals surface area contributed by atoms with Crippen LogP contribution >= 0.6 is 0 Å². The van der Waals surface area contributed by atoms with Crippen LogP contribution in [0, 0.1) is 11.8 Å². The first-order chi connectivity index (χ1) is 16.0. The van der Waals surface area contributed by atoms with E-state index in [0.29, 0.717) is 13.0 Å². The number of ether oxygens (including phenoxy) is 1. The Morgan fingerprint density at radius 2 is 1.61 bits per heavy atom. The average molecular weight is 451 g/mol. The highest BCUT2D eigenvalue weighted by molar-refractivity contribution is 5.85. The lowest BCUT2D eigenvalue weighted by Crippen LogP contribution is -2.47. The largest absolute Gasteiger partial charge is 0.481 e. The summed E-state index contributed by atoms with van der Waals surface area (Å²) in [6, 6.07) is 15.4. The Balaban J connectivity index is 1.28. The number of alkyl carbamates (subject to hydrolysis) is 1. The third-order valence-corrected chi connectivity index (χ3v) is 6.84. The molecule has 7 heteroatoms. The van der Waals surface area contributed by atoms with Gasteiger partial charge in [-0.2, -0.15) is 0 Å². The minimum Gasteiger partial charge on any atom is -0.481 e. The van der Waals surface area contributed by atoms with E-state index in [4.69, 9.17) is 4.74 Å². The number of rotatable bonds is 7. The van der Waals surface area contributed by atoms with Crippen molar-refractivity contribution in [2.24, 2.45) is 11.8 Å². The fourth-order valence-corrected chi connectivity index (χ4v) is 5.04. The molecule has 2 aromatic rings. The van der Waals surface area contributed by atoms with Gasteiger partial charge >= 0.3 is 12.1 Å². The van der Waals surface area contributed by atoms with Gasteiger partial charge in [0.25, 0.3) is 0 Å². The molecule has 7 nitrogen and oxygen atoms in total. The molecule has 3 N–H and O–H groups in total. The molecule has 0 aliphatic heterocycles. The van der Waals surface area contributed by atoms with Gasteiger partial charge < -0.3 is 20.5 Å². The Hall–Kier alpha value is -3.35. The summed E-state index contributed by atoms with van der Waals surface area (Å²) in [5.74, 6) is -1.71. The molecule has 2 aliphatic carbocycles. The van der Waals surface area contributed by atoms with Gasteiger partial charge in [-0.3, -0.25) is 9.59 Å². The lowest BCUT2D eigenvalue weighted by atomic mass is 9.79. The molecule has 3 atom stereocenters. The molecule has 0 spiro atoms. The first kappa shape index (κ1) is 22.8. The molecule has 174 valence electrons. The average Bonchev–Trinajstić information content (AvgIpc) is 3.15. The molecule has 0 heterocycles. The van der Waals surface area contributed by atoms with Crippen molar-refractivity contribution in [2.45, 2.75) is 44.6 Å². The van der Waals surface area contributed by atoms with Crippen molar-refractivity contribution in [3.05, 3.63) is 59.7 Å². The fourth-order valence-electron chi connectivity index (χ4n) is 5.04. The normalized spacial score (nSPS) is 20.3. The molecular formula is C26H30N2O5. The van der Waals surface area contributed by atoms with E-state index in [0.717, 1.165) is 41.5 Å². The smallest absolute Gasteiger partial charge is 0.407 e. The summed E-state index contributed by atoms with van der Waals surface area (Å²) in [6.07, 6.45) is 2.65. The minimum atomic E-state index is -0.807. The molecule has 33 heavy (non-hydrogen) atoms. The third-order valence-electron chi connectivity index (χ3n) is 6.84. The second-order valence-electron chi connectivity index (χ2n) is 8.93. The fraction of sp³-hybridized carbons (Fsp3) is 0.423. The molecule has 4 rings (SSSR count). The summed E-state index contributed by atoms with van der Waals surface area (Å²) in [7, 11) is 0. The number of amides is 2. The molecule has 2 aliphatic rings. The SMILES string of the molecule is CC(NC(=O)OCC1c2ccccc2-c2ccccc21)C(=O)NC[C@@H]1CCCC[C@@H]1C(=O)O. The number of carbonyl (C=O) groups is 3. The molecule has 1 fully saturated rings. The van der Waals surface area contributed by atoms with Gasteiger partial charge in [0.15, 0.2) is 0 Å². The number of aliphatic carboxylic acids is 1. The van der Waals surface area contributed by atoms with Crippen molar-refractivity contribution in [3.63, 3.8) is 0 Å². The predicted octanol–water partition coefficient (Wildman–Crippen LogP) is 3.92. The summed E-state index contributed by atoms with van der Waals surface area (Å²) in [5, 5.41) is 14.8. The van der Waals surface area contributed by atoms with E-state index in [-0.39, 0.29) is 24.3 Å². The van der Waals surface area contributed by atoms with Crippen LogP contribution in [0.25, 0.3) is 11.1 Å². The van der Waals surface area contributed by atoms with Gasteiger partial charge in [0.05, 0.1) is 5.92 Å². The first-order valence-electron chi connectivity index (χ1n) is 11.6. The van der Waals surface area contributed by atoms with Crippen molar-refractivity contribution in [1.29, 1.82) is 0 Å². The number of fused-ring (bicyclic) bond motifs is 3. The zero-order valence-corrected chi connectivity index (χ0v) is 18.8. The first-order valence-corrected chi connectivity index (χ1v) is 11.6. The van der Waals surface area contributed by atoms with Crippen LogP contribution < -0.4 is 10.6 Å². The lowest BCUT2D eigenvalue weighted by molar-refractivity contribution is -0.145. The van der Waals surface area contributed by atoms with E-state index >= 15 is 0 Å². The number of hydrogen-bond acceptors (Lipinski definition) is 4. The molecule has 1 saturated carbocycles. The lowest BCUT2D eigenvalue weighted by Gasteiger charge is -2.29. The number of benzene rings is 2. The zero-order chi connectivity index (χ0) is 23.4. The van der Waals surface area contributed by atoms with Crippen LogP contribution in [0.4, 0.5) is 4.79 Å². The van der Waals surface area contributed by atoms with Crippen molar-refractivity contribution < 1.29 is 24.2 Å². The zero-order valence-electron chi connectivity index (χ0n) is 18.8. The molecule has 0 saturated heterocycles. The monoisotopic (exact) mass is 450 g/mol. The van der Waals surface area contributed by atoms with Gasteiger partial charge in [-0.1, -0.05) is 61.4 Å². The van der Waals surface area contributed by atoms with Gasteiger partial charge in [-0.15, -0.1) is 0 Å². The van der Waals surface area contributed by atoms with Crippen LogP contribution in [0.2, 0.25) is 0 Å². The Kier molecular flexibility index (Phi) is 6.96. The van der Waals surface area contributed by atoms with Crippen LogP contribution in [0.3, 0.4) is 0 Å². The summed E-state index contributed by atoms with van der Waals surface area (Å²) in [4.78, 5) is 36.3. The maximum absolute atomic E-state index is 12.5. The number of carboxylic acids is 1. The maximum atomic E-state index is 12.5. The quantitative estimate of drug-likeness (QED) is 0.593. The number of carboxylic acid groups (broad SMARTS) is 1. The van der Waals surface area contributed by atoms with Crippen molar-refractivity contribution in [1.82, 2.24) is 10.6 Å². The number of hydrogen-bond donors (Lipinski definition) is 3. The standard InChI is InChI=1S/C26H30N2O5/c1-16(24(29)27-14-17-8-2-3-9-18(17)25(30)31)28-26(32)33-15-23-21-12-6-4-10-19(21)20-11-5-7-13-22(20)23/h4-7,10-13,16-18,23H,2-3,8-9,14-15H2,1H3,(H,27,29)(H,28,32)(H,30,31)/t16?,17-,18-/m0/s1. The molecule has 2 aromatic carbocycles. The van der Waals surface area contributed by atoms with E-state index in [1.165, 1.54) is 0 Å². The van der Waals surface area contributed by atoms with Crippen LogP contribution in [0.1, 0.15) is 49.7 Å². The van der Waals surface area contributed by atoms with E-state index in [1.54, 1.807) is 6.92 Å². The van der Waals surface area contributed by atoms with Crippen molar-refractivity contribution >= 4 is 18.0 Å². The van der Waals surface area contributed by atoms with E-state index in [9.17, 15) is 19.5 Å². The van der Waals surface area contributed by atoms with Gasteiger partial charge in [-0.25, -0.2) is 4.79 Å². The van der Waals surface area contributed by atoms with Crippen molar-refractivity contribution in [3.8, 4) is 11.1 Å². The van der Waals surface area contributed by atoms with Gasteiger partial charge in [0, 0.05) is 12.5 Å². The van der Waals surface area contributed by atoms with Gasteiger partial charge in [0.2, 0.25) is 5.91 Å². The molecule has 2 amide bonds. The highest BCUT2D eigenvalue weighted by Gasteiger charge is 2.32. The Labute approximate surface area is 193 Å². The minimum absolute atomic E-state index is 0.0495. The topological polar surface area (TPSA) is 105 Å². The molecule has 0 aromatic heterocycles. The second-order valence-corrected chi connectivity index (χ2v) is 8.93. The summed E-state index contributed by atoms with van der Waals surface area (Å²) in [6.45, 7) is 2.06. The highest BCUT2D eigenvalue weighted by atomic mass is 16.5. The van der Waals surface area contributed by atoms with Crippen LogP contribution in [0.15, 0.2) is 48.5 Å². The van der Waals surface area contributed by atoms with Crippen molar-refractivity contribution in [2.75, 3.05) is 13.2 Å². The Morgan fingerprint density at radius 1 is 1.00 bits per heavy atom. The Morgan fingerprint density at radius 3 is 2.24 bits per heavy atom. The number of carbonyl (C=O) groups excluding carboxylic acids is 2. The van der Waals surface area contributed by atoms with Gasteiger partial charge in [-0.05, 0) is 47.9 Å². The summed E-state index contributed by atoms with van der Waals surface area (Å²) >= 11 is 0. The second kappa shape index (κ2) is 10.1. The van der Waals surface area contributed by atoms with Crippen LogP contribution in [-0.2, 0) is 14.3 Å². The molecular weight excluding hydrogens is 420 g/mol. The van der Waals surface area contributed by atoms with E-state index < -0.39 is 24.0 Å².